The number of carbonyl (C=O) groups is 2. The average Bonchev–Trinajstić information content (AvgIpc) is 2.48. The van der Waals surface area contributed by atoms with Crippen LogP contribution in [0, 0.1) is 0 Å². The molecule has 2 fully saturated rings. The predicted octanol–water partition coefficient (Wildman–Crippen LogP) is -0.661. The van der Waals surface area contributed by atoms with Gasteiger partial charge in [-0.25, -0.2) is 0 Å². The van der Waals surface area contributed by atoms with Gasteiger partial charge in [0.25, 0.3) is 0 Å². The van der Waals surface area contributed by atoms with Crippen molar-refractivity contribution >= 4 is 11.8 Å². The molecule has 2 aliphatic heterocycles. The molecule has 2 amide bonds. The molecule has 0 bridgehead atoms. The molecule has 0 aromatic heterocycles. The fourth-order valence-electron chi connectivity index (χ4n) is 3.21. The van der Waals surface area contributed by atoms with E-state index in [0.29, 0.717) is 32.2 Å². The highest BCUT2D eigenvalue weighted by atomic mass is 16.2. The van der Waals surface area contributed by atoms with Gasteiger partial charge in [-0.05, 0) is 27.7 Å². The minimum absolute atomic E-state index is 0.0527. The number of hydrogen-bond donors (Lipinski definition) is 2. The Morgan fingerprint density at radius 2 is 1.75 bits per heavy atom. The van der Waals surface area contributed by atoms with Crippen LogP contribution in [0.25, 0.3) is 0 Å². The molecule has 2 heterocycles. The van der Waals surface area contributed by atoms with Crippen molar-refractivity contribution in [3.8, 4) is 0 Å². The average molecular weight is 339 g/mol. The Kier molecular flexibility index (Phi) is 6.60. The Bertz CT molecular complexity index is 441. The highest BCUT2D eigenvalue weighted by molar-refractivity contribution is 5.79. The first kappa shape index (κ1) is 19.1. The molecule has 138 valence electrons. The van der Waals surface area contributed by atoms with E-state index in [9.17, 15) is 9.59 Å². The summed E-state index contributed by atoms with van der Waals surface area (Å²) in [5.41, 5.74) is -0.200. The van der Waals surface area contributed by atoms with Crippen molar-refractivity contribution in [2.75, 3.05) is 58.9 Å². The molecular weight excluding hydrogens is 306 g/mol. The second kappa shape index (κ2) is 8.27. The van der Waals surface area contributed by atoms with E-state index in [1.165, 1.54) is 0 Å². The Hall–Kier alpha value is -1.18. The van der Waals surface area contributed by atoms with Gasteiger partial charge in [-0.3, -0.25) is 19.4 Å². The Labute approximate surface area is 145 Å². The van der Waals surface area contributed by atoms with Gasteiger partial charge in [0.15, 0.2) is 0 Å². The molecule has 2 saturated heterocycles. The van der Waals surface area contributed by atoms with Gasteiger partial charge in [0, 0.05) is 57.4 Å². The summed E-state index contributed by atoms with van der Waals surface area (Å²) >= 11 is 0. The quantitative estimate of drug-likeness (QED) is 0.712. The standard InChI is InChI=1S/C17H33N5O2/c1-14-11-18-5-6-22(14)13-16(24)21-9-7-20(8-10-21)12-15(23)19-17(2,3)4/h14,18H,5-13H2,1-4H3,(H,19,23)/t14-/m0/s1. The van der Waals surface area contributed by atoms with E-state index in [0.717, 1.165) is 32.7 Å². The van der Waals surface area contributed by atoms with Gasteiger partial charge in [0.1, 0.15) is 0 Å². The van der Waals surface area contributed by atoms with Crippen LogP contribution in [0.1, 0.15) is 27.7 Å². The zero-order chi connectivity index (χ0) is 17.7. The highest BCUT2D eigenvalue weighted by Gasteiger charge is 2.26. The molecule has 0 aromatic carbocycles. The van der Waals surface area contributed by atoms with Crippen LogP contribution >= 0.6 is 0 Å². The van der Waals surface area contributed by atoms with E-state index < -0.39 is 0 Å². The molecule has 0 unspecified atom stereocenters. The third-order valence-electron chi connectivity index (χ3n) is 4.58. The minimum Gasteiger partial charge on any atom is -0.350 e. The summed E-state index contributed by atoms with van der Waals surface area (Å²) < 4.78 is 0. The van der Waals surface area contributed by atoms with E-state index in [4.69, 9.17) is 0 Å². The first-order chi connectivity index (χ1) is 11.2. The van der Waals surface area contributed by atoms with Gasteiger partial charge in [0.05, 0.1) is 13.1 Å². The molecule has 2 rings (SSSR count). The van der Waals surface area contributed by atoms with Crippen LogP contribution in [0.15, 0.2) is 0 Å². The van der Waals surface area contributed by atoms with E-state index in [1.54, 1.807) is 0 Å². The zero-order valence-electron chi connectivity index (χ0n) is 15.6. The van der Waals surface area contributed by atoms with Crippen LogP contribution < -0.4 is 10.6 Å². The Morgan fingerprint density at radius 1 is 1.08 bits per heavy atom. The maximum absolute atomic E-state index is 12.5. The van der Waals surface area contributed by atoms with Crippen molar-refractivity contribution in [2.45, 2.75) is 39.3 Å². The van der Waals surface area contributed by atoms with Gasteiger partial charge >= 0.3 is 0 Å². The summed E-state index contributed by atoms with van der Waals surface area (Å²) in [7, 11) is 0. The molecule has 0 radical (unpaired) electrons. The lowest BCUT2D eigenvalue weighted by atomic mass is 10.1. The van der Waals surface area contributed by atoms with E-state index in [2.05, 4.69) is 27.4 Å². The number of carbonyl (C=O) groups excluding carboxylic acids is 2. The lowest BCUT2D eigenvalue weighted by Gasteiger charge is -2.38. The molecule has 2 aliphatic rings. The van der Waals surface area contributed by atoms with Crippen molar-refractivity contribution < 1.29 is 9.59 Å². The normalized spacial score (nSPS) is 24.0. The molecule has 0 aromatic rings. The van der Waals surface area contributed by atoms with Crippen molar-refractivity contribution in [3.63, 3.8) is 0 Å². The Morgan fingerprint density at radius 3 is 2.33 bits per heavy atom. The monoisotopic (exact) mass is 339 g/mol. The van der Waals surface area contributed by atoms with E-state index >= 15 is 0 Å². The summed E-state index contributed by atoms with van der Waals surface area (Å²) in [5, 5.41) is 6.33. The van der Waals surface area contributed by atoms with Crippen molar-refractivity contribution in [3.05, 3.63) is 0 Å². The number of rotatable bonds is 4. The molecule has 1 atom stereocenters. The molecule has 0 saturated carbocycles. The largest absolute Gasteiger partial charge is 0.350 e. The van der Waals surface area contributed by atoms with Crippen molar-refractivity contribution in [2.24, 2.45) is 0 Å². The number of amides is 2. The van der Waals surface area contributed by atoms with Gasteiger partial charge < -0.3 is 15.5 Å². The highest BCUT2D eigenvalue weighted by Crippen LogP contribution is 2.07. The van der Waals surface area contributed by atoms with Gasteiger partial charge in [-0.1, -0.05) is 0 Å². The maximum Gasteiger partial charge on any atom is 0.236 e. The number of nitrogens with zero attached hydrogens (tertiary/aromatic N) is 3. The first-order valence-corrected chi connectivity index (χ1v) is 9.00. The lowest BCUT2D eigenvalue weighted by Crippen LogP contribution is -2.56. The van der Waals surface area contributed by atoms with Crippen molar-refractivity contribution in [1.82, 2.24) is 25.3 Å². The second-order valence-electron chi connectivity index (χ2n) is 7.98. The van der Waals surface area contributed by atoms with Gasteiger partial charge in [-0.2, -0.15) is 0 Å². The lowest BCUT2D eigenvalue weighted by molar-refractivity contribution is -0.135. The van der Waals surface area contributed by atoms with Crippen LogP contribution in [-0.2, 0) is 9.59 Å². The summed E-state index contributed by atoms with van der Waals surface area (Å²) in [5.74, 6) is 0.263. The SMILES string of the molecule is C[C@H]1CNCCN1CC(=O)N1CCN(CC(=O)NC(C)(C)C)CC1. The minimum atomic E-state index is -0.200. The number of hydrogen-bond acceptors (Lipinski definition) is 5. The number of nitrogens with one attached hydrogen (secondary N) is 2. The molecule has 7 nitrogen and oxygen atoms in total. The van der Waals surface area contributed by atoms with Gasteiger partial charge in [-0.15, -0.1) is 0 Å². The smallest absolute Gasteiger partial charge is 0.236 e. The molecule has 24 heavy (non-hydrogen) atoms. The summed E-state index contributed by atoms with van der Waals surface area (Å²) in [4.78, 5) is 30.8. The van der Waals surface area contributed by atoms with Crippen LogP contribution in [-0.4, -0.2) is 97.0 Å². The molecule has 7 heteroatoms. The molecule has 0 spiro atoms. The second-order valence-corrected chi connectivity index (χ2v) is 7.98. The summed E-state index contributed by atoms with van der Waals surface area (Å²) in [6, 6.07) is 0.407. The molecular formula is C17H33N5O2. The van der Waals surface area contributed by atoms with Crippen LogP contribution in [0.2, 0.25) is 0 Å². The van der Waals surface area contributed by atoms with Gasteiger partial charge in [0.2, 0.25) is 11.8 Å². The zero-order valence-corrected chi connectivity index (χ0v) is 15.6. The fraction of sp³-hybridized carbons (Fsp3) is 0.882. The van der Waals surface area contributed by atoms with Crippen LogP contribution in [0.3, 0.4) is 0 Å². The topological polar surface area (TPSA) is 67.9 Å². The Balaban J connectivity index is 1.72. The summed E-state index contributed by atoms with van der Waals surface area (Å²) in [6.07, 6.45) is 0. The molecule has 0 aliphatic carbocycles. The third kappa shape index (κ3) is 6.03. The van der Waals surface area contributed by atoms with E-state index in [1.807, 2.05) is 25.7 Å². The van der Waals surface area contributed by atoms with Crippen LogP contribution in [0.5, 0.6) is 0 Å². The predicted molar refractivity (Wildman–Crippen MR) is 94.8 cm³/mol. The van der Waals surface area contributed by atoms with Crippen molar-refractivity contribution in [1.29, 1.82) is 0 Å². The first-order valence-electron chi connectivity index (χ1n) is 9.00. The van der Waals surface area contributed by atoms with E-state index in [-0.39, 0.29) is 17.4 Å². The fourth-order valence-corrected chi connectivity index (χ4v) is 3.21. The molecule has 2 N–H and O–H groups in total. The summed E-state index contributed by atoms with van der Waals surface area (Å²) in [6.45, 7) is 14.8. The van der Waals surface area contributed by atoms with Crippen LogP contribution in [0.4, 0.5) is 0 Å². The third-order valence-corrected chi connectivity index (χ3v) is 4.58. The maximum atomic E-state index is 12.5. The number of piperazine rings is 2.